The monoisotopic (exact) mass is 434 g/mol. The van der Waals surface area contributed by atoms with Crippen LogP contribution in [-0.2, 0) is 0 Å². The molecule has 0 saturated heterocycles. The number of carbonyl (C=O) groups excluding carboxylic acids is 1. The molecule has 1 aliphatic rings. The van der Waals surface area contributed by atoms with Gasteiger partial charge in [0.25, 0.3) is 5.91 Å². The van der Waals surface area contributed by atoms with E-state index in [0.717, 1.165) is 4.90 Å². The standard InChI is InChI=1S/C22H23Cl2N3O2/c1-21(2)19(27(6)18(28)13-7-10-17(24)26-12-13)22(3,4)20(21)29-14-8-9-16(25-5)15(23)11-14/h7-12,19-20H,1-4,6H3/i6D3. The first-order chi connectivity index (χ1) is 14.7. The number of benzene rings is 1. The summed E-state index contributed by atoms with van der Waals surface area (Å²) in [4.78, 5) is 21.5. The van der Waals surface area contributed by atoms with E-state index in [0.29, 0.717) is 11.4 Å². The largest absolute Gasteiger partial charge is 0.489 e. The predicted octanol–water partition coefficient (Wildman–Crippen LogP) is 5.89. The van der Waals surface area contributed by atoms with Gasteiger partial charge in [-0.1, -0.05) is 57.0 Å². The number of amides is 1. The van der Waals surface area contributed by atoms with Gasteiger partial charge < -0.3 is 9.64 Å². The number of pyridine rings is 1. The van der Waals surface area contributed by atoms with Crippen LogP contribution in [0.1, 0.15) is 42.2 Å². The molecule has 7 heteroatoms. The maximum atomic E-state index is 13.3. The maximum Gasteiger partial charge on any atom is 0.255 e. The summed E-state index contributed by atoms with van der Waals surface area (Å²) in [6.45, 7) is 11.9. The third-order valence-electron chi connectivity index (χ3n) is 5.51. The summed E-state index contributed by atoms with van der Waals surface area (Å²) in [6.07, 6.45) is 0.854. The van der Waals surface area contributed by atoms with Gasteiger partial charge in [0.1, 0.15) is 17.0 Å². The van der Waals surface area contributed by atoms with Gasteiger partial charge in [0.15, 0.2) is 0 Å². The van der Waals surface area contributed by atoms with Gasteiger partial charge in [0, 0.05) is 34.2 Å². The summed E-state index contributed by atoms with van der Waals surface area (Å²) in [6, 6.07) is 7.06. The van der Waals surface area contributed by atoms with Crippen LogP contribution in [-0.4, -0.2) is 34.9 Å². The molecule has 1 amide bonds. The highest BCUT2D eigenvalue weighted by Crippen LogP contribution is 2.57. The lowest BCUT2D eigenvalue weighted by Gasteiger charge is -2.65. The Labute approximate surface area is 185 Å². The third-order valence-corrected chi connectivity index (χ3v) is 6.03. The van der Waals surface area contributed by atoms with Gasteiger partial charge >= 0.3 is 0 Å². The fraction of sp³-hybridized carbons (Fsp3) is 0.409. The van der Waals surface area contributed by atoms with Gasteiger partial charge in [-0.3, -0.25) is 4.79 Å². The molecule has 5 nitrogen and oxygen atoms in total. The third kappa shape index (κ3) is 3.68. The molecule has 1 aromatic carbocycles. The Morgan fingerprint density at radius 1 is 1.24 bits per heavy atom. The van der Waals surface area contributed by atoms with Crippen molar-refractivity contribution in [2.45, 2.75) is 39.8 Å². The van der Waals surface area contributed by atoms with E-state index in [1.54, 1.807) is 18.2 Å². The number of ether oxygens (including phenoxy) is 1. The van der Waals surface area contributed by atoms with Crippen LogP contribution in [0.4, 0.5) is 5.69 Å². The first kappa shape index (κ1) is 17.6. The quantitative estimate of drug-likeness (QED) is 0.444. The molecular weight excluding hydrogens is 409 g/mol. The lowest BCUT2D eigenvalue weighted by atomic mass is 9.49. The fourth-order valence-corrected chi connectivity index (χ4v) is 4.95. The van der Waals surface area contributed by atoms with E-state index in [2.05, 4.69) is 9.83 Å². The Morgan fingerprint density at radius 3 is 2.45 bits per heavy atom. The number of carbonyl (C=O) groups is 1. The average Bonchev–Trinajstić information content (AvgIpc) is 2.69. The summed E-state index contributed by atoms with van der Waals surface area (Å²) >= 11 is 12.0. The van der Waals surface area contributed by atoms with Crippen LogP contribution in [0.15, 0.2) is 36.5 Å². The van der Waals surface area contributed by atoms with Crippen LogP contribution in [0.2, 0.25) is 10.2 Å². The second kappa shape index (κ2) is 7.51. The van der Waals surface area contributed by atoms with Crippen molar-refractivity contribution in [3.05, 3.63) is 63.7 Å². The molecule has 1 aromatic heterocycles. The van der Waals surface area contributed by atoms with E-state index in [-0.39, 0.29) is 15.7 Å². The Kier molecular flexibility index (Phi) is 4.55. The smallest absolute Gasteiger partial charge is 0.255 e. The number of nitrogens with zero attached hydrogens (tertiary/aromatic N) is 3. The van der Waals surface area contributed by atoms with Crippen molar-refractivity contribution < 1.29 is 13.6 Å². The molecule has 0 bridgehead atoms. The van der Waals surface area contributed by atoms with Crippen LogP contribution >= 0.6 is 23.2 Å². The minimum Gasteiger partial charge on any atom is -0.489 e. The van der Waals surface area contributed by atoms with Gasteiger partial charge in [-0.05, 0) is 24.3 Å². The van der Waals surface area contributed by atoms with Crippen molar-refractivity contribution in [3.8, 4) is 5.75 Å². The molecule has 0 aliphatic heterocycles. The first-order valence-electron chi connectivity index (χ1n) is 10.5. The number of rotatable bonds is 4. The molecule has 0 radical (unpaired) electrons. The van der Waals surface area contributed by atoms with Crippen LogP contribution in [0.3, 0.4) is 0 Å². The van der Waals surface area contributed by atoms with Crippen molar-refractivity contribution in [2.75, 3.05) is 6.98 Å². The van der Waals surface area contributed by atoms with Gasteiger partial charge in [-0.2, -0.15) is 0 Å². The molecule has 3 rings (SSSR count). The zero-order chi connectivity index (χ0) is 24.1. The zero-order valence-electron chi connectivity index (χ0n) is 19.5. The van der Waals surface area contributed by atoms with Crippen molar-refractivity contribution >= 4 is 34.8 Å². The van der Waals surface area contributed by atoms with Crippen LogP contribution in [0.25, 0.3) is 4.85 Å². The highest BCUT2D eigenvalue weighted by molar-refractivity contribution is 6.33. The lowest BCUT2D eigenvalue weighted by Crippen LogP contribution is -2.74. The molecule has 29 heavy (non-hydrogen) atoms. The van der Waals surface area contributed by atoms with Crippen molar-refractivity contribution in [1.29, 1.82) is 0 Å². The number of aromatic nitrogens is 1. The van der Waals surface area contributed by atoms with E-state index in [1.807, 2.05) is 27.7 Å². The van der Waals surface area contributed by atoms with Crippen LogP contribution in [0, 0.1) is 17.4 Å². The molecule has 0 N–H and O–H groups in total. The summed E-state index contributed by atoms with van der Waals surface area (Å²) in [5, 5.41) is 0.487. The molecular formula is C22H23Cl2N3O2. The second-order valence-electron chi connectivity index (χ2n) is 8.31. The molecule has 0 atom stereocenters. The number of hydrogen-bond acceptors (Lipinski definition) is 3. The Hall–Kier alpha value is -2.29. The van der Waals surface area contributed by atoms with E-state index >= 15 is 0 Å². The maximum absolute atomic E-state index is 13.3. The van der Waals surface area contributed by atoms with E-state index < -0.39 is 35.9 Å². The average molecular weight is 435 g/mol. The van der Waals surface area contributed by atoms with E-state index in [1.165, 1.54) is 18.3 Å². The van der Waals surface area contributed by atoms with Crippen molar-refractivity contribution in [1.82, 2.24) is 9.88 Å². The molecule has 152 valence electrons. The molecule has 1 heterocycles. The molecule has 0 spiro atoms. The summed E-state index contributed by atoms with van der Waals surface area (Å²) in [5.74, 6) is -0.177. The lowest BCUT2D eigenvalue weighted by molar-refractivity contribution is -0.195. The Balaban J connectivity index is 1.95. The topological polar surface area (TPSA) is 46.8 Å². The highest BCUT2D eigenvalue weighted by atomic mass is 35.5. The predicted molar refractivity (Wildman–Crippen MR) is 115 cm³/mol. The van der Waals surface area contributed by atoms with Gasteiger partial charge in [0.2, 0.25) is 5.69 Å². The minimum atomic E-state index is -2.68. The van der Waals surface area contributed by atoms with E-state index in [4.69, 9.17) is 38.6 Å². The van der Waals surface area contributed by atoms with Gasteiger partial charge in [-0.15, -0.1) is 0 Å². The van der Waals surface area contributed by atoms with Crippen LogP contribution in [0.5, 0.6) is 5.75 Å². The molecule has 1 fully saturated rings. The van der Waals surface area contributed by atoms with Crippen molar-refractivity contribution in [2.24, 2.45) is 10.8 Å². The summed E-state index contributed by atoms with van der Waals surface area (Å²) in [5.41, 5.74) is -0.959. The van der Waals surface area contributed by atoms with Crippen LogP contribution < -0.4 is 4.74 Å². The van der Waals surface area contributed by atoms with Gasteiger partial charge in [-0.25, -0.2) is 9.83 Å². The molecule has 0 unspecified atom stereocenters. The second-order valence-corrected chi connectivity index (χ2v) is 9.11. The minimum absolute atomic E-state index is 0.142. The van der Waals surface area contributed by atoms with Crippen molar-refractivity contribution in [3.63, 3.8) is 0 Å². The number of halogens is 2. The number of hydrogen-bond donors (Lipinski definition) is 0. The normalized spacial score (nSPS) is 23.6. The zero-order valence-corrected chi connectivity index (χ0v) is 18.0. The SMILES string of the molecule is [2H]C([2H])([2H])N(C(=O)c1ccc(Cl)nc1)C1C(C)(C)C(Oc2ccc([N+]#[C-])c(Cl)c2)C1(C)C. The molecule has 1 aliphatic carbocycles. The summed E-state index contributed by atoms with van der Waals surface area (Å²) in [7, 11) is 0. The molecule has 1 saturated carbocycles. The van der Waals surface area contributed by atoms with E-state index in [9.17, 15) is 4.79 Å². The molecule has 2 aromatic rings. The Morgan fingerprint density at radius 2 is 1.93 bits per heavy atom. The highest BCUT2D eigenvalue weighted by Gasteiger charge is 2.65. The van der Waals surface area contributed by atoms with Gasteiger partial charge in [0.05, 0.1) is 17.2 Å². The summed E-state index contributed by atoms with van der Waals surface area (Å²) < 4.78 is 30.5. The first-order valence-corrected chi connectivity index (χ1v) is 9.75. The fourth-order valence-electron chi connectivity index (χ4n) is 4.62. The Bertz CT molecular complexity index is 1060.